The smallest absolute Gasteiger partial charge is 0.257 e. The Kier molecular flexibility index (Phi) is 5.90. The maximum atomic E-state index is 5.73. The molecule has 1 fully saturated rings. The van der Waals surface area contributed by atoms with E-state index in [9.17, 15) is 0 Å². The molecule has 2 N–H and O–H groups in total. The van der Waals surface area contributed by atoms with Crippen molar-refractivity contribution in [2.75, 3.05) is 26.2 Å². The van der Waals surface area contributed by atoms with E-state index in [2.05, 4.69) is 22.0 Å². The van der Waals surface area contributed by atoms with Crippen LogP contribution in [-0.2, 0) is 11.3 Å². The minimum Gasteiger partial charge on any atom is -0.366 e. The molecule has 0 spiro atoms. The van der Waals surface area contributed by atoms with E-state index in [0.29, 0.717) is 24.9 Å². The van der Waals surface area contributed by atoms with Crippen LogP contribution in [0.5, 0.6) is 0 Å². The number of nitrogens with zero attached hydrogens (tertiary/aromatic N) is 3. The van der Waals surface area contributed by atoms with Crippen LogP contribution in [0.4, 0.5) is 0 Å². The van der Waals surface area contributed by atoms with E-state index in [4.69, 9.17) is 15.0 Å². The van der Waals surface area contributed by atoms with Gasteiger partial charge in [0.25, 0.3) is 5.89 Å². The van der Waals surface area contributed by atoms with Crippen LogP contribution in [0.15, 0.2) is 28.8 Å². The molecule has 1 aliphatic rings. The van der Waals surface area contributed by atoms with Gasteiger partial charge in [-0.25, -0.2) is 0 Å². The van der Waals surface area contributed by atoms with Gasteiger partial charge in [0.1, 0.15) is 6.10 Å². The fourth-order valence-corrected chi connectivity index (χ4v) is 2.41. The minimum absolute atomic E-state index is 0. The summed E-state index contributed by atoms with van der Waals surface area (Å²) in [6, 6.07) is 7.86. The third kappa shape index (κ3) is 3.64. The van der Waals surface area contributed by atoms with Gasteiger partial charge < -0.3 is 15.0 Å². The number of hydrogen-bond donors (Lipinski definition) is 1. The highest BCUT2D eigenvalue weighted by atomic mass is 35.5. The largest absolute Gasteiger partial charge is 0.366 e. The lowest BCUT2D eigenvalue weighted by atomic mass is 10.1. The molecule has 1 saturated heterocycles. The highest BCUT2D eigenvalue weighted by molar-refractivity contribution is 5.85. The Balaban J connectivity index is 0.00000176. The van der Waals surface area contributed by atoms with Crippen molar-refractivity contribution in [2.45, 2.75) is 19.6 Å². The van der Waals surface area contributed by atoms with E-state index < -0.39 is 0 Å². The second-order valence-electron chi connectivity index (χ2n) is 5.11. The monoisotopic (exact) mass is 324 g/mol. The zero-order chi connectivity index (χ0) is 14.7. The SMILES string of the molecule is CCN1CCOC(c2nc(-c3ccc(CN)cc3)no2)C1.Cl. The van der Waals surface area contributed by atoms with Crippen LogP contribution >= 0.6 is 12.4 Å². The van der Waals surface area contributed by atoms with Crippen molar-refractivity contribution >= 4 is 12.4 Å². The highest BCUT2D eigenvalue weighted by Gasteiger charge is 2.26. The summed E-state index contributed by atoms with van der Waals surface area (Å²) in [6.07, 6.45) is -0.136. The summed E-state index contributed by atoms with van der Waals surface area (Å²) >= 11 is 0. The predicted octanol–water partition coefficient (Wildman–Crippen LogP) is 2.01. The Morgan fingerprint density at radius 1 is 1.32 bits per heavy atom. The van der Waals surface area contributed by atoms with E-state index >= 15 is 0 Å². The van der Waals surface area contributed by atoms with Crippen LogP contribution in [-0.4, -0.2) is 41.3 Å². The number of morpholine rings is 1. The minimum atomic E-state index is -0.136. The summed E-state index contributed by atoms with van der Waals surface area (Å²) in [6.45, 7) is 6.11. The lowest BCUT2D eigenvalue weighted by molar-refractivity contribution is -0.0431. The molecule has 3 rings (SSSR count). The quantitative estimate of drug-likeness (QED) is 0.927. The van der Waals surface area contributed by atoms with E-state index in [-0.39, 0.29) is 18.5 Å². The maximum Gasteiger partial charge on any atom is 0.257 e. The molecular weight excluding hydrogens is 304 g/mol. The highest BCUT2D eigenvalue weighted by Crippen LogP contribution is 2.23. The molecule has 1 atom stereocenters. The molecule has 0 aliphatic carbocycles. The standard InChI is InChI=1S/C15H20N4O2.ClH/c1-2-19-7-8-20-13(10-19)15-17-14(18-21-15)12-5-3-11(9-16)4-6-12;/h3-6,13H,2,7-10,16H2,1H3;1H. The van der Waals surface area contributed by atoms with Gasteiger partial charge in [-0.15, -0.1) is 12.4 Å². The number of benzene rings is 1. The predicted molar refractivity (Wildman–Crippen MR) is 85.7 cm³/mol. The molecule has 1 aromatic carbocycles. The molecule has 0 amide bonds. The van der Waals surface area contributed by atoms with Crippen LogP contribution < -0.4 is 5.73 Å². The van der Waals surface area contributed by atoms with Gasteiger partial charge in [0.05, 0.1) is 6.61 Å². The van der Waals surface area contributed by atoms with Gasteiger partial charge in [-0.3, -0.25) is 4.90 Å². The first-order valence-corrected chi connectivity index (χ1v) is 7.27. The third-order valence-corrected chi connectivity index (χ3v) is 3.76. The normalized spacial score (nSPS) is 18.9. The molecule has 2 aromatic rings. The van der Waals surface area contributed by atoms with Gasteiger partial charge in [-0.1, -0.05) is 36.3 Å². The number of hydrogen-bond acceptors (Lipinski definition) is 6. The molecule has 7 heteroatoms. The summed E-state index contributed by atoms with van der Waals surface area (Å²) in [7, 11) is 0. The van der Waals surface area contributed by atoms with Crippen molar-refractivity contribution in [3.05, 3.63) is 35.7 Å². The van der Waals surface area contributed by atoms with Gasteiger partial charge in [-0.05, 0) is 12.1 Å². The lowest BCUT2D eigenvalue weighted by Gasteiger charge is -2.29. The van der Waals surface area contributed by atoms with Crippen molar-refractivity contribution in [2.24, 2.45) is 5.73 Å². The second kappa shape index (κ2) is 7.69. The molecule has 1 aliphatic heterocycles. The Hall–Kier alpha value is -1.47. The number of likely N-dealkylation sites (N-methyl/N-ethyl adjacent to an activating group) is 1. The van der Waals surface area contributed by atoms with Gasteiger partial charge >= 0.3 is 0 Å². The van der Waals surface area contributed by atoms with Crippen molar-refractivity contribution in [1.82, 2.24) is 15.0 Å². The van der Waals surface area contributed by atoms with E-state index in [1.807, 2.05) is 24.3 Å². The molecule has 22 heavy (non-hydrogen) atoms. The summed E-state index contributed by atoms with van der Waals surface area (Å²) in [5.74, 6) is 1.14. The molecule has 6 nitrogen and oxygen atoms in total. The molecular formula is C15H21ClN4O2. The number of ether oxygens (including phenoxy) is 1. The zero-order valence-corrected chi connectivity index (χ0v) is 13.4. The lowest BCUT2D eigenvalue weighted by Crippen LogP contribution is -2.38. The van der Waals surface area contributed by atoms with Crippen LogP contribution in [0.2, 0.25) is 0 Å². The molecule has 0 radical (unpaired) electrons. The number of aromatic nitrogens is 2. The number of halogens is 1. The molecule has 0 bridgehead atoms. The van der Waals surface area contributed by atoms with Crippen LogP contribution in [0.1, 0.15) is 24.5 Å². The van der Waals surface area contributed by atoms with Crippen LogP contribution in [0.25, 0.3) is 11.4 Å². The molecule has 2 heterocycles. The second-order valence-corrected chi connectivity index (χ2v) is 5.11. The average molecular weight is 325 g/mol. The Labute approximate surface area is 136 Å². The maximum absolute atomic E-state index is 5.73. The first kappa shape index (κ1) is 16.9. The van der Waals surface area contributed by atoms with Crippen LogP contribution in [0, 0.1) is 0 Å². The van der Waals surface area contributed by atoms with Crippen LogP contribution in [0.3, 0.4) is 0 Å². The van der Waals surface area contributed by atoms with Crippen molar-refractivity contribution in [3.63, 3.8) is 0 Å². The topological polar surface area (TPSA) is 77.4 Å². The molecule has 0 saturated carbocycles. The van der Waals surface area contributed by atoms with E-state index in [1.54, 1.807) is 0 Å². The van der Waals surface area contributed by atoms with Crippen molar-refractivity contribution in [1.29, 1.82) is 0 Å². The molecule has 1 aromatic heterocycles. The Morgan fingerprint density at radius 3 is 2.77 bits per heavy atom. The zero-order valence-electron chi connectivity index (χ0n) is 12.6. The first-order valence-electron chi connectivity index (χ1n) is 7.27. The average Bonchev–Trinajstić information content (AvgIpc) is 3.05. The van der Waals surface area contributed by atoms with E-state index in [1.165, 1.54) is 0 Å². The van der Waals surface area contributed by atoms with Gasteiger partial charge in [0.2, 0.25) is 5.82 Å². The van der Waals surface area contributed by atoms with Gasteiger partial charge in [0.15, 0.2) is 0 Å². The third-order valence-electron chi connectivity index (χ3n) is 3.76. The van der Waals surface area contributed by atoms with Gasteiger partial charge in [0, 0.05) is 25.2 Å². The fraction of sp³-hybridized carbons (Fsp3) is 0.467. The first-order chi connectivity index (χ1) is 10.3. The molecule has 120 valence electrons. The van der Waals surface area contributed by atoms with Gasteiger partial charge in [-0.2, -0.15) is 4.98 Å². The molecule has 1 unspecified atom stereocenters. The fourth-order valence-electron chi connectivity index (χ4n) is 2.41. The van der Waals surface area contributed by atoms with Crippen molar-refractivity contribution in [3.8, 4) is 11.4 Å². The Bertz CT molecular complexity index is 587. The number of rotatable bonds is 4. The summed E-state index contributed by atoms with van der Waals surface area (Å²) < 4.78 is 11.1. The summed E-state index contributed by atoms with van der Waals surface area (Å²) in [5.41, 5.74) is 7.60. The Morgan fingerprint density at radius 2 is 2.09 bits per heavy atom. The summed E-state index contributed by atoms with van der Waals surface area (Å²) in [5, 5.41) is 4.05. The van der Waals surface area contributed by atoms with E-state index in [0.717, 1.165) is 30.8 Å². The summed E-state index contributed by atoms with van der Waals surface area (Å²) in [4.78, 5) is 6.78. The van der Waals surface area contributed by atoms with Crippen molar-refractivity contribution < 1.29 is 9.26 Å². The number of nitrogens with two attached hydrogens (primary N) is 1.